The molecule has 0 atom stereocenters. The quantitative estimate of drug-likeness (QED) is 0.853. The van der Waals surface area contributed by atoms with E-state index in [0.717, 1.165) is 25.9 Å². The Hall–Kier alpha value is -3.02. The number of benzene rings is 2. The first-order valence-corrected chi connectivity index (χ1v) is 9.44. The summed E-state index contributed by atoms with van der Waals surface area (Å²) in [4.78, 5) is 27.1. The van der Waals surface area contributed by atoms with Crippen molar-refractivity contribution in [2.45, 2.75) is 19.8 Å². The smallest absolute Gasteiger partial charge is 0.255 e. The van der Waals surface area contributed by atoms with Crippen molar-refractivity contribution in [2.75, 3.05) is 32.6 Å². The van der Waals surface area contributed by atoms with Gasteiger partial charge in [-0.1, -0.05) is 6.92 Å². The number of ether oxygens (including phenoxy) is 2. The van der Waals surface area contributed by atoms with Gasteiger partial charge >= 0.3 is 0 Å². The third-order valence-corrected chi connectivity index (χ3v) is 5.12. The second kappa shape index (κ2) is 8.78. The monoisotopic (exact) mass is 382 g/mol. The maximum absolute atomic E-state index is 12.6. The maximum atomic E-state index is 12.6. The average Bonchev–Trinajstić information content (AvgIpc) is 2.73. The summed E-state index contributed by atoms with van der Waals surface area (Å²) >= 11 is 0. The molecule has 1 N–H and O–H groups in total. The Morgan fingerprint density at radius 1 is 0.964 bits per heavy atom. The molecule has 0 bridgehead atoms. The summed E-state index contributed by atoms with van der Waals surface area (Å²) in [5, 5.41) is 2.83. The number of rotatable bonds is 5. The van der Waals surface area contributed by atoms with Gasteiger partial charge in [0.1, 0.15) is 11.5 Å². The number of nitrogens with zero attached hydrogens (tertiary/aromatic N) is 1. The zero-order valence-corrected chi connectivity index (χ0v) is 16.5. The van der Waals surface area contributed by atoms with E-state index in [-0.39, 0.29) is 11.8 Å². The Morgan fingerprint density at radius 2 is 1.61 bits per heavy atom. The molecule has 6 heteroatoms. The Balaban J connectivity index is 1.69. The predicted octanol–water partition coefficient (Wildman–Crippen LogP) is 3.83. The lowest BCUT2D eigenvalue weighted by molar-refractivity contribution is 0.0697. The van der Waals surface area contributed by atoms with Gasteiger partial charge in [-0.2, -0.15) is 0 Å². The van der Waals surface area contributed by atoms with Gasteiger partial charge in [0.15, 0.2) is 0 Å². The third-order valence-electron chi connectivity index (χ3n) is 5.12. The van der Waals surface area contributed by atoms with Gasteiger partial charge in [-0.15, -0.1) is 0 Å². The minimum atomic E-state index is -0.280. The van der Waals surface area contributed by atoms with Gasteiger partial charge in [0.05, 0.1) is 19.9 Å². The van der Waals surface area contributed by atoms with Gasteiger partial charge in [-0.05, 0) is 55.2 Å². The van der Waals surface area contributed by atoms with Crippen LogP contribution in [0.5, 0.6) is 11.5 Å². The normalized spacial score (nSPS) is 14.5. The van der Waals surface area contributed by atoms with E-state index < -0.39 is 0 Å². The molecule has 28 heavy (non-hydrogen) atoms. The van der Waals surface area contributed by atoms with Crippen molar-refractivity contribution in [3.05, 3.63) is 53.6 Å². The van der Waals surface area contributed by atoms with Crippen molar-refractivity contribution < 1.29 is 19.1 Å². The SMILES string of the molecule is COc1ccc(OC)c(NC(=O)c2ccc(C(=O)N3CCC(C)CC3)cc2)c1. The molecule has 1 aliphatic rings. The van der Waals surface area contributed by atoms with E-state index >= 15 is 0 Å². The summed E-state index contributed by atoms with van der Waals surface area (Å²) in [5.41, 5.74) is 1.59. The number of carbonyl (C=O) groups is 2. The average molecular weight is 382 g/mol. The molecule has 2 amide bonds. The van der Waals surface area contributed by atoms with E-state index in [0.29, 0.717) is 34.2 Å². The van der Waals surface area contributed by atoms with Crippen LogP contribution in [0.15, 0.2) is 42.5 Å². The number of likely N-dealkylation sites (tertiary alicyclic amines) is 1. The molecule has 2 aromatic carbocycles. The summed E-state index contributed by atoms with van der Waals surface area (Å²) in [7, 11) is 3.10. The molecule has 1 saturated heterocycles. The number of carbonyl (C=O) groups excluding carboxylic acids is 2. The first-order valence-electron chi connectivity index (χ1n) is 9.44. The molecule has 0 radical (unpaired) electrons. The van der Waals surface area contributed by atoms with Gasteiger partial charge in [-0.25, -0.2) is 0 Å². The highest BCUT2D eigenvalue weighted by Crippen LogP contribution is 2.29. The highest BCUT2D eigenvalue weighted by Gasteiger charge is 2.21. The molecule has 1 aliphatic heterocycles. The Kier molecular flexibility index (Phi) is 6.19. The van der Waals surface area contributed by atoms with Gasteiger partial charge < -0.3 is 19.7 Å². The lowest BCUT2D eigenvalue weighted by atomic mass is 9.98. The Labute approximate surface area is 165 Å². The lowest BCUT2D eigenvalue weighted by Gasteiger charge is -2.30. The number of amides is 2. The number of hydrogen-bond donors (Lipinski definition) is 1. The highest BCUT2D eigenvalue weighted by molar-refractivity contribution is 6.05. The van der Waals surface area contributed by atoms with Crippen molar-refractivity contribution in [3.63, 3.8) is 0 Å². The highest BCUT2D eigenvalue weighted by atomic mass is 16.5. The van der Waals surface area contributed by atoms with Crippen molar-refractivity contribution in [1.82, 2.24) is 4.90 Å². The van der Waals surface area contributed by atoms with E-state index in [9.17, 15) is 9.59 Å². The zero-order chi connectivity index (χ0) is 20.1. The molecule has 6 nitrogen and oxygen atoms in total. The number of nitrogens with one attached hydrogen (secondary N) is 1. The van der Waals surface area contributed by atoms with Crippen LogP contribution in [0.25, 0.3) is 0 Å². The fourth-order valence-electron chi connectivity index (χ4n) is 3.26. The summed E-state index contributed by atoms with van der Waals surface area (Å²) in [6.45, 7) is 3.79. The topological polar surface area (TPSA) is 67.9 Å². The number of anilines is 1. The maximum Gasteiger partial charge on any atom is 0.255 e. The number of hydrogen-bond acceptors (Lipinski definition) is 4. The summed E-state index contributed by atoms with van der Waals surface area (Å²) in [5.74, 6) is 1.57. The first kappa shape index (κ1) is 19.7. The minimum Gasteiger partial charge on any atom is -0.497 e. The number of piperidine rings is 1. The van der Waals surface area contributed by atoms with E-state index in [2.05, 4.69) is 12.2 Å². The molecule has 0 unspecified atom stereocenters. The van der Waals surface area contributed by atoms with Gasteiger partial charge in [0.25, 0.3) is 11.8 Å². The fourth-order valence-corrected chi connectivity index (χ4v) is 3.26. The van der Waals surface area contributed by atoms with Crippen LogP contribution in [0, 0.1) is 5.92 Å². The number of methoxy groups -OCH3 is 2. The molecule has 0 spiro atoms. The lowest BCUT2D eigenvalue weighted by Crippen LogP contribution is -2.37. The van der Waals surface area contributed by atoms with Crippen molar-refractivity contribution in [3.8, 4) is 11.5 Å². The third kappa shape index (κ3) is 4.44. The van der Waals surface area contributed by atoms with E-state index in [1.807, 2.05) is 4.90 Å². The molecular formula is C22H26N2O4. The molecular weight excluding hydrogens is 356 g/mol. The van der Waals surface area contributed by atoms with Crippen LogP contribution in [0.2, 0.25) is 0 Å². The molecule has 0 saturated carbocycles. The van der Waals surface area contributed by atoms with Gasteiger partial charge in [-0.3, -0.25) is 9.59 Å². The second-order valence-electron chi connectivity index (χ2n) is 7.07. The van der Waals surface area contributed by atoms with Crippen LogP contribution < -0.4 is 14.8 Å². The molecule has 0 aromatic heterocycles. The van der Waals surface area contributed by atoms with Crippen LogP contribution in [0.1, 0.15) is 40.5 Å². The first-order chi connectivity index (χ1) is 13.5. The van der Waals surface area contributed by atoms with Crippen LogP contribution in [0.3, 0.4) is 0 Å². The largest absolute Gasteiger partial charge is 0.497 e. The molecule has 148 valence electrons. The van der Waals surface area contributed by atoms with E-state index in [1.54, 1.807) is 56.7 Å². The minimum absolute atomic E-state index is 0.0216. The fraction of sp³-hybridized carbons (Fsp3) is 0.364. The van der Waals surface area contributed by atoms with Crippen LogP contribution in [0.4, 0.5) is 5.69 Å². The molecule has 3 rings (SSSR count). The molecule has 1 heterocycles. The summed E-state index contributed by atoms with van der Waals surface area (Å²) in [6, 6.07) is 11.9. The van der Waals surface area contributed by atoms with Crippen molar-refractivity contribution in [1.29, 1.82) is 0 Å². The van der Waals surface area contributed by atoms with E-state index in [4.69, 9.17) is 9.47 Å². The predicted molar refractivity (Wildman–Crippen MR) is 108 cm³/mol. The van der Waals surface area contributed by atoms with Crippen molar-refractivity contribution >= 4 is 17.5 Å². The second-order valence-corrected chi connectivity index (χ2v) is 7.07. The summed E-state index contributed by atoms with van der Waals surface area (Å²) < 4.78 is 10.5. The Bertz CT molecular complexity index is 840. The van der Waals surface area contributed by atoms with Crippen LogP contribution in [-0.2, 0) is 0 Å². The molecule has 2 aromatic rings. The molecule has 0 aliphatic carbocycles. The van der Waals surface area contributed by atoms with Crippen LogP contribution in [-0.4, -0.2) is 44.0 Å². The summed E-state index contributed by atoms with van der Waals surface area (Å²) in [6.07, 6.45) is 2.07. The van der Waals surface area contributed by atoms with Crippen LogP contribution >= 0.6 is 0 Å². The molecule has 1 fully saturated rings. The Morgan fingerprint density at radius 3 is 2.21 bits per heavy atom. The van der Waals surface area contributed by atoms with Gasteiger partial charge in [0, 0.05) is 30.3 Å². The van der Waals surface area contributed by atoms with E-state index in [1.165, 1.54) is 0 Å². The van der Waals surface area contributed by atoms with Gasteiger partial charge in [0.2, 0.25) is 0 Å². The zero-order valence-electron chi connectivity index (χ0n) is 16.5. The standard InChI is InChI=1S/C22H26N2O4/c1-15-10-12-24(13-11-15)22(26)17-6-4-16(5-7-17)21(25)23-19-14-18(27-2)8-9-20(19)28-3/h4-9,14-15H,10-13H2,1-3H3,(H,23,25). The van der Waals surface area contributed by atoms with Crippen molar-refractivity contribution in [2.24, 2.45) is 5.92 Å².